The normalized spacial score (nSPS) is 10.1. The van der Waals surface area contributed by atoms with E-state index in [4.69, 9.17) is 27.9 Å². The van der Waals surface area contributed by atoms with Gasteiger partial charge in [-0.05, 0) is 30.3 Å². The minimum atomic E-state index is -0.571. The average Bonchev–Trinajstić information content (AvgIpc) is 2.55. The van der Waals surface area contributed by atoms with Crippen LogP contribution in [0.3, 0.4) is 0 Å². The van der Waals surface area contributed by atoms with E-state index in [2.05, 4.69) is 10.6 Å². The Morgan fingerprint density at radius 1 is 1.08 bits per heavy atom. The number of carbonyl (C=O) groups is 2. The molecule has 0 saturated carbocycles. The van der Waals surface area contributed by atoms with Crippen molar-refractivity contribution in [1.29, 1.82) is 0 Å². The number of amides is 2. The Bertz CT molecular complexity index is 756. The first-order chi connectivity index (χ1) is 11.5. The van der Waals surface area contributed by atoms with Gasteiger partial charge in [0.05, 0.1) is 17.3 Å². The first-order valence-electron chi connectivity index (χ1n) is 6.84. The Morgan fingerprint density at radius 3 is 2.58 bits per heavy atom. The van der Waals surface area contributed by atoms with Crippen LogP contribution in [0.5, 0.6) is 5.75 Å². The van der Waals surface area contributed by atoms with Crippen molar-refractivity contribution in [1.82, 2.24) is 5.32 Å². The summed E-state index contributed by atoms with van der Waals surface area (Å²) in [6, 6.07) is 10.3. The number of para-hydroxylation sites is 1. The summed E-state index contributed by atoms with van der Waals surface area (Å²) in [6.45, 7) is -0.700. The quantitative estimate of drug-likeness (QED) is 0.819. The second kappa shape index (κ2) is 8.52. The Kier molecular flexibility index (Phi) is 6.40. The van der Waals surface area contributed by atoms with Crippen molar-refractivity contribution < 1.29 is 18.7 Å². The molecule has 8 heteroatoms. The minimum Gasteiger partial charge on any atom is -0.481 e. The third kappa shape index (κ3) is 5.40. The Balaban J connectivity index is 1.78. The van der Waals surface area contributed by atoms with E-state index in [1.54, 1.807) is 18.2 Å². The van der Waals surface area contributed by atoms with Crippen LogP contribution in [0.25, 0.3) is 0 Å². The van der Waals surface area contributed by atoms with Crippen molar-refractivity contribution >= 4 is 40.7 Å². The summed E-state index contributed by atoms with van der Waals surface area (Å²) in [5.74, 6) is -1.66. The highest BCUT2D eigenvalue weighted by Gasteiger charge is 2.10. The van der Waals surface area contributed by atoms with E-state index in [1.165, 1.54) is 24.3 Å². The topological polar surface area (TPSA) is 67.4 Å². The van der Waals surface area contributed by atoms with Crippen LogP contribution in [0.4, 0.5) is 10.1 Å². The molecule has 2 aromatic carbocycles. The van der Waals surface area contributed by atoms with Gasteiger partial charge in [0, 0.05) is 5.02 Å². The highest BCUT2D eigenvalue weighted by Crippen LogP contribution is 2.25. The zero-order valence-electron chi connectivity index (χ0n) is 12.3. The molecule has 0 heterocycles. The standard InChI is InChI=1S/C16H13Cl2FN2O3/c17-10-5-6-11(18)13(7-10)21-15(22)8-20-16(23)9-24-14-4-2-1-3-12(14)19/h1-7H,8-9H2,(H,20,23)(H,21,22). The average molecular weight is 371 g/mol. The number of halogens is 3. The predicted octanol–water partition coefficient (Wildman–Crippen LogP) is 3.27. The molecule has 2 N–H and O–H groups in total. The fraction of sp³-hybridized carbons (Fsp3) is 0.125. The highest BCUT2D eigenvalue weighted by atomic mass is 35.5. The van der Waals surface area contributed by atoms with E-state index in [0.717, 1.165) is 0 Å². The van der Waals surface area contributed by atoms with Crippen molar-refractivity contribution in [3.05, 3.63) is 58.3 Å². The third-order valence-corrected chi connectivity index (χ3v) is 3.41. The molecule has 0 spiro atoms. The Morgan fingerprint density at radius 2 is 1.83 bits per heavy atom. The first kappa shape index (κ1) is 18.0. The van der Waals surface area contributed by atoms with Gasteiger partial charge in [0.25, 0.3) is 5.91 Å². The zero-order valence-corrected chi connectivity index (χ0v) is 13.8. The molecule has 0 aliphatic carbocycles. The van der Waals surface area contributed by atoms with E-state index in [1.807, 2.05) is 0 Å². The van der Waals surface area contributed by atoms with Gasteiger partial charge in [-0.3, -0.25) is 9.59 Å². The lowest BCUT2D eigenvalue weighted by Gasteiger charge is -2.10. The van der Waals surface area contributed by atoms with E-state index in [0.29, 0.717) is 15.7 Å². The number of ether oxygens (including phenoxy) is 1. The number of anilines is 1. The maximum atomic E-state index is 13.3. The first-order valence-corrected chi connectivity index (χ1v) is 7.60. The highest BCUT2D eigenvalue weighted by molar-refractivity contribution is 6.35. The fourth-order valence-corrected chi connectivity index (χ4v) is 2.06. The van der Waals surface area contributed by atoms with Crippen LogP contribution in [0.15, 0.2) is 42.5 Å². The van der Waals surface area contributed by atoms with Crippen molar-refractivity contribution in [2.24, 2.45) is 0 Å². The molecule has 126 valence electrons. The molecule has 24 heavy (non-hydrogen) atoms. The minimum absolute atomic E-state index is 0.0391. The molecule has 0 unspecified atom stereocenters. The lowest BCUT2D eigenvalue weighted by atomic mass is 10.3. The van der Waals surface area contributed by atoms with Gasteiger partial charge in [-0.15, -0.1) is 0 Å². The molecule has 0 aliphatic heterocycles. The number of hydrogen-bond acceptors (Lipinski definition) is 3. The van der Waals surface area contributed by atoms with Crippen LogP contribution < -0.4 is 15.4 Å². The molecule has 2 rings (SSSR count). The largest absolute Gasteiger partial charge is 0.481 e. The fourth-order valence-electron chi connectivity index (χ4n) is 1.72. The van der Waals surface area contributed by atoms with Crippen LogP contribution >= 0.6 is 23.2 Å². The number of rotatable bonds is 6. The zero-order chi connectivity index (χ0) is 17.5. The van der Waals surface area contributed by atoms with Gasteiger partial charge in [-0.25, -0.2) is 4.39 Å². The maximum Gasteiger partial charge on any atom is 0.258 e. The van der Waals surface area contributed by atoms with Gasteiger partial charge < -0.3 is 15.4 Å². The Hall–Kier alpha value is -2.31. The van der Waals surface area contributed by atoms with Gasteiger partial charge >= 0.3 is 0 Å². The smallest absolute Gasteiger partial charge is 0.258 e. The van der Waals surface area contributed by atoms with Crippen LogP contribution in [-0.4, -0.2) is 25.0 Å². The summed E-state index contributed by atoms with van der Waals surface area (Å²) in [4.78, 5) is 23.4. The lowest BCUT2D eigenvalue weighted by Crippen LogP contribution is -2.35. The molecule has 0 atom stereocenters. The predicted molar refractivity (Wildman–Crippen MR) is 90.0 cm³/mol. The molecule has 2 amide bonds. The molecule has 0 bridgehead atoms. The summed E-state index contributed by atoms with van der Waals surface area (Å²) in [6.07, 6.45) is 0. The van der Waals surface area contributed by atoms with E-state index < -0.39 is 24.2 Å². The van der Waals surface area contributed by atoms with Crippen LogP contribution in [0, 0.1) is 5.82 Å². The van der Waals surface area contributed by atoms with Crippen molar-refractivity contribution in [2.45, 2.75) is 0 Å². The van der Waals surface area contributed by atoms with Gasteiger partial charge in [0.1, 0.15) is 0 Å². The van der Waals surface area contributed by atoms with E-state index >= 15 is 0 Å². The Labute approximate surface area is 147 Å². The van der Waals surface area contributed by atoms with Crippen LogP contribution in [-0.2, 0) is 9.59 Å². The third-order valence-electron chi connectivity index (χ3n) is 2.84. The van der Waals surface area contributed by atoms with E-state index in [-0.39, 0.29) is 12.3 Å². The molecule has 0 saturated heterocycles. The second-order valence-corrected chi connectivity index (χ2v) is 5.51. The molecule has 0 aliphatic rings. The SMILES string of the molecule is O=C(COc1ccccc1F)NCC(=O)Nc1cc(Cl)ccc1Cl. The van der Waals surface area contributed by atoms with Crippen molar-refractivity contribution in [3.63, 3.8) is 0 Å². The summed E-state index contributed by atoms with van der Waals surface area (Å²) in [7, 11) is 0. The van der Waals surface area contributed by atoms with Gasteiger partial charge in [-0.1, -0.05) is 35.3 Å². The maximum absolute atomic E-state index is 13.3. The summed E-state index contributed by atoms with van der Waals surface area (Å²) in [5.41, 5.74) is 0.339. The second-order valence-electron chi connectivity index (χ2n) is 4.67. The van der Waals surface area contributed by atoms with Crippen LogP contribution in [0.2, 0.25) is 10.0 Å². The monoisotopic (exact) mass is 370 g/mol. The molecule has 0 aromatic heterocycles. The molecular weight excluding hydrogens is 358 g/mol. The van der Waals surface area contributed by atoms with Gasteiger partial charge in [0.15, 0.2) is 18.2 Å². The van der Waals surface area contributed by atoms with Gasteiger partial charge in [-0.2, -0.15) is 0 Å². The van der Waals surface area contributed by atoms with Gasteiger partial charge in [0.2, 0.25) is 5.91 Å². The summed E-state index contributed by atoms with van der Waals surface area (Å²) in [5, 5.41) is 5.61. The summed E-state index contributed by atoms with van der Waals surface area (Å²) < 4.78 is 18.3. The van der Waals surface area contributed by atoms with Crippen molar-refractivity contribution in [2.75, 3.05) is 18.5 Å². The molecule has 2 aromatic rings. The van der Waals surface area contributed by atoms with E-state index in [9.17, 15) is 14.0 Å². The molecule has 0 fully saturated rings. The summed E-state index contributed by atoms with van der Waals surface area (Å²) >= 11 is 11.7. The number of benzene rings is 2. The lowest BCUT2D eigenvalue weighted by molar-refractivity contribution is -0.125. The molecule has 0 radical (unpaired) electrons. The van der Waals surface area contributed by atoms with Crippen molar-refractivity contribution in [3.8, 4) is 5.75 Å². The number of nitrogens with one attached hydrogen (secondary N) is 2. The molecule has 5 nitrogen and oxygen atoms in total. The number of hydrogen-bond donors (Lipinski definition) is 2. The molecular formula is C16H13Cl2FN2O3. The number of carbonyl (C=O) groups excluding carboxylic acids is 2. The van der Waals surface area contributed by atoms with Crippen LogP contribution in [0.1, 0.15) is 0 Å².